The number of hydrogen-bond acceptors (Lipinski definition) is 4. The van der Waals surface area contributed by atoms with Gasteiger partial charge in [0.05, 0.1) is 11.6 Å². The van der Waals surface area contributed by atoms with Crippen molar-refractivity contribution in [2.75, 3.05) is 4.90 Å². The highest BCUT2D eigenvalue weighted by molar-refractivity contribution is 6.51. The molecular weight excluding hydrogens is 412 g/mol. The highest BCUT2D eigenvalue weighted by Gasteiger charge is 2.47. The van der Waals surface area contributed by atoms with E-state index in [4.69, 9.17) is 0 Å². The maximum absolute atomic E-state index is 13.3. The fourth-order valence-corrected chi connectivity index (χ4v) is 4.23. The van der Waals surface area contributed by atoms with Gasteiger partial charge in [-0.25, -0.2) is 0 Å². The lowest BCUT2D eigenvalue weighted by molar-refractivity contribution is -0.132. The average molecular weight is 441 g/mol. The van der Waals surface area contributed by atoms with Crippen LogP contribution in [0.2, 0.25) is 0 Å². The Morgan fingerprint density at radius 3 is 2.30 bits per heavy atom. The molecule has 0 radical (unpaired) electrons. The van der Waals surface area contributed by atoms with E-state index < -0.39 is 17.7 Å². The molecule has 3 aromatic rings. The van der Waals surface area contributed by atoms with Crippen LogP contribution < -0.4 is 4.90 Å². The Bertz CT molecular complexity index is 1270. The standard InChI is InChI=1S/C28H28N2O3/c1-17-7-6-8-21(15-17)30-24(19-11-13-29-14-12-19)23(26(32)27(30)33)25(31)22-16-20(28(3,4)5)10-9-18(22)2/h6-16,24,31H,1-5H3/b25-23+. The summed E-state index contributed by atoms with van der Waals surface area (Å²) < 4.78 is 0. The van der Waals surface area contributed by atoms with E-state index in [0.717, 1.165) is 16.7 Å². The average Bonchev–Trinajstić information content (AvgIpc) is 3.04. The van der Waals surface area contributed by atoms with Gasteiger partial charge in [-0.1, -0.05) is 45.0 Å². The Kier molecular flexibility index (Phi) is 5.66. The van der Waals surface area contributed by atoms with E-state index in [1.54, 1.807) is 30.6 Å². The third-order valence-corrected chi connectivity index (χ3v) is 6.10. The Balaban J connectivity index is 1.98. The number of rotatable bonds is 3. The lowest BCUT2D eigenvalue weighted by Crippen LogP contribution is -2.29. The second-order valence-corrected chi connectivity index (χ2v) is 9.57. The predicted molar refractivity (Wildman–Crippen MR) is 130 cm³/mol. The van der Waals surface area contributed by atoms with E-state index in [0.29, 0.717) is 16.8 Å². The third kappa shape index (κ3) is 4.07. The van der Waals surface area contributed by atoms with Gasteiger partial charge in [-0.15, -0.1) is 0 Å². The van der Waals surface area contributed by atoms with Gasteiger partial charge in [-0.3, -0.25) is 19.5 Å². The molecule has 1 unspecified atom stereocenters. The van der Waals surface area contributed by atoms with E-state index in [-0.39, 0.29) is 16.7 Å². The topological polar surface area (TPSA) is 70.5 Å². The zero-order valence-electron chi connectivity index (χ0n) is 19.6. The van der Waals surface area contributed by atoms with Crippen molar-refractivity contribution in [3.63, 3.8) is 0 Å². The number of aliphatic hydroxyl groups is 1. The molecular formula is C28H28N2O3. The number of benzene rings is 2. The number of ketones is 1. The van der Waals surface area contributed by atoms with E-state index in [1.165, 1.54) is 4.90 Å². The molecule has 0 aliphatic carbocycles. The molecule has 5 nitrogen and oxygen atoms in total. The number of carbonyl (C=O) groups excluding carboxylic acids is 2. The van der Waals surface area contributed by atoms with Gasteiger partial charge in [0, 0.05) is 23.6 Å². The van der Waals surface area contributed by atoms with Crippen molar-refractivity contribution >= 4 is 23.1 Å². The van der Waals surface area contributed by atoms with Gasteiger partial charge in [0.15, 0.2) is 0 Å². The SMILES string of the molecule is Cc1cccc(N2C(=O)C(=O)/C(=C(/O)c3cc(C(C)(C)C)ccc3C)C2c2ccncc2)c1. The van der Waals surface area contributed by atoms with Crippen LogP contribution in [0, 0.1) is 13.8 Å². The second kappa shape index (κ2) is 8.32. The van der Waals surface area contributed by atoms with Crippen molar-refractivity contribution in [3.05, 3.63) is 100 Å². The summed E-state index contributed by atoms with van der Waals surface area (Å²) in [5.74, 6) is -1.51. The van der Waals surface area contributed by atoms with E-state index >= 15 is 0 Å². The number of aryl methyl sites for hydroxylation is 2. The molecule has 1 amide bonds. The number of carbonyl (C=O) groups is 2. The van der Waals surface area contributed by atoms with Crippen LogP contribution in [0.5, 0.6) is 0 Å². The van der Waals surface area contributed by atoms with Crippen LogP contribution >= 0.6 is 0 Å². The summed E-state index contributed by atoms with van der Waals surface area (Å²) in [5.41, 5.74) is 4.65. The monoisotopic (exact) mass is 440 g/mol. The number of anilines is 1. The van der Waals surface area contributed by atoms with Crippen LogP contribution in [-0.4, -0.2) is 21.8 Å². The van der Waals surface area contributed by atoms with Gasteiger partial charge in [0.2, 0.25) is 0 Å². The Hall–Kier alpha value is -3.73. The minimum Gasteiger partial charge on any atom is -0.507 e. The van der Waals surface area contributed by atoms with Crippen LogP contribution in [0.3, 0.4) is 0 Å². The molecule has 1 fully saturated rings. The summed E-state index contributed by atoms with van der Waals surface area (Å²) in [6.45, 7) is 10.1. The molecule has 0 saturated carbocycles. The number of hydrogen-bond donors (Lipinski definition) is 1. The van der Waals surface area contributed by atoms with Crippen molar-refractivity contribution in [3.8, 4) is 0 Å². The first kappa shape index (κ1) is 22.5. The fourth-order valence-electron chi connectivity index (χ4n) is 4.23. The lowest BCUT2D eigenvalue weighted by Gasteiger charge is -2.26. The van der Waals surface area contributed by atoms with Crippen molar-refractivity contribution in [2.24, 2.45) is 0 Å². The van der Waals surface area contributed by atoms with Crippen LogP contribution in [-0.2, 0) is 15.0 Å². The third-order valence-electron chi connectivity index (χ3n) is 6.10. The molecule has 5 heteroatoms. The highest BCUT2D eigenvalue weighted by atomic mass is 16.3. The molecule has 2 aromatic carbocycles. The van der Waals surface area contributed by atoms with Crippen molar-refractivity contribution < 1.29 is 14.7 Å². The zero-order valence-corrected chi connectivity index (χ0v) is 19.6. The summed E-state index contributed by atoms with van der Waals surface area (Å²) >= 11 is 0. The van der Waals surface area contributed by atoms with Gasteiger partial charge in [0.1, 0.15) is 5.76 Å². The summed E-state index contributed by atoms with van der Waals surface area (Å²) in [5, 5.41) is 11.5. The van der Waals surface area contributed by atoms with Gasteiger partial charge in [-0.2, -0.15) is 0 Å². The Labute approximate surface area is 194 Å². The number of nitrogens with zero attached hydrogens (tertiary/aromatic N) is 2. The predicted octanol–water partition coefficient (Wildman–Crippen LogP) is 5.62. The number of pyridine rings is 1. The van der Waals surface area contributed by atoms with Gasteiger partial charge in [0.25, 0.3) is 11.7 Å². The first-order chi connectivity index (χ1) is 15.6. The second-order valence-electron chi connectivity index (χ2n) is 9.57. The summed E-state index contributed by atoms with van der Waals surface area (Å²) in [4.78, 5) is 32.2. The molecule has 1 aliphatic rings. The summed E-state index contributed by atoms with van der Waals surface area (Å²) in [6.07, 6.45) is 3.24. The Morgan fingerprint density at radius 2 is 1.67 bits per heavy atom. The largest absolute Gasteiger partial charge is 0.507 e. The molecule has 0 bridgehead atoms. The van der Waals surface area contributed by atoms with Crippen LogP contribution in [0.25, 0.3) is 5.76 Å². The Morgan fingerprint density at radius 1 is 0.970 bits per heavy atom. The van der Waals surface area contributed by atoms with E-state index in [1.807, 2.05) is 50.2 Å². The minimum atomic E-state index is -0.757. The summed E-state index contributed by atoms with van der Waals surface area (Å²) in [7, 11) is 0. The van der Waals surface area contributed by atoms with Crippen molar-refractivity contribution in [1.29, 1.82) is 0 Å². The van der Waals surface area contributed by atoms with Gasteiger partial charge in [-0.05, 0) is 71.8 Å². The van der Waals surface area contributed by atoms with Crippen LogP contribution in [0.4, 0.5) is 5.69 Å². The number of Topliss-reactive ketones (excluding diaryl/α,β-unsaturated/α-hetero) is 1. The smallest absolute Gasteiger partial charge is 0.300 e. The highest BCUT2D eigenvalue weighted by Crippen LogP contribution is 2.42. The molecule has 1 atom stereocenters. The maximum atomic E-state index is 13.3. The number of aliphatic hydroxyl groups excluding tert-OH is 1. The fraction of sp³-hybridized carbons (Fsp3) is 0.250. The number of amides is 1. The van der Waals surface area contributed by atoms with Gasteiger partial charge < -0.3 is 5.11 Å². The normalized spacial score (nSPS) is 18.1. The first-order valence-electron chi connectivity index (χ1n) is 11.0. The molecule has 1 aromatic heterocycles. The summed E-state index contributed by atoms with van der Waals surface area (Å²) in [6, 6.07) is 16.1. The zero-order chi connectivity index (χ0) is 23.9. The lowest BCUT2D eigenvalue weighted by atomic mass is 9.84. The molecule has 4 rings (SSSR count). The van der Waals surface area contributed by atoms with E-state index in [2.05, 4.69) is 25.8 Å². The quantitative estimate of drug-likeness (QED) is 0.326. The molecule has 33 heavy (non-hydrogen) atoms. The first-order valence-corrected chi connectivity index (χ1v) is 11.0. The molecule has 2 heterocycles. The van der Waals surface area contributed by atoms with E-state index in [9.17, 15) is 14.7 Å². The van der Waals surface area contributed by atoms with Crippen LogP contribution in [0.1, 0.15) is 54.6 Å². The molecule has 0 spiro atoms. The molecule has 1 saturated heterocycles. The van der Waals surface area contributed by atoms with Gasteiger partial charge >= 0.3 is 0 Å². The number of aromatic nitrogens is 1. The van der Waals surface area contributed by atoms with Crippen molar-refractivity contribution in [2.45, 2.75) is 46.1 Å². The van der Waals surface area contributed by atoms with Crippen molar-refractivity contribution in [1.82, 2.24) is 4.98 Å². The molecule has 1 N–H and O–H groups in total. The molecule has 168 valence electrons. The molecule has 1 aliphatic heterocycles. The minimum absolute atomic E-state index is 0.0851. The maximum Gasteiger partial charge on any atom is 0.300 e. The van der Waals surface area contributed by atoms with Crippen LogP contribution in [0.15, 0.2) is 72.6 Å².